The van der Waals surface area contributed by atoms with Gasteiger partial charge in [0.1, 0.15) is 12.4 Å². The minimum atomic E-state index is 0.462. The molecule has 2 aromatic rings. The van der Waals surface area contributed by atoms with Crippen molar-refractivity contribution >= 4 is 11.6 Å². The number of hydrogen-bond donors (Lipinski definition) is 0. The predicted molar refractivity (Wildman–Crippen MR) is 63.5 cm³/mol. The van der Waals surface area contributed by atoms with E-state index in [9.17, 15) is 0 Å². The Bertz CT molecular complexity index is 468. The van der Waals surface area contributed by atoms with Crippen molar-refractivity contribution < 1.29 is 4.74 Å². The standard InChI is InChI=1S/C12H13ClN2O/c1-15-8-10(7-14-15)9-16-12-5-3-2-4-11(12)6-13/h2-5,7-8H,6,9H2,1H3. The lowest BCUT2D eigenvalue weighted by molar-refractivity contribution is 0.303. The van der Waals surface area contributed by atoms with E-state index in [0.717, 1.165) is 16.9 Å². The Morgan fingerprint density at radius 3 is 2.88 bits per heavy atom. The minimum Gasteiger partial charge on any atom is -0.488 e. The van der Waals surface area contributed by atoms with Crippen molar-refractivity contribution in [3.05, 3.63) is 47.8 Å². The number of aromatic nitrogens is 2. The van der Waals surface area contributed by atoms with E-state index in [1.54, 1.807) is 10.9 Å². The smallest absolute Gasteiger partial charge is 0.124 e. The molecular weight excluding hydrogens is 224 g/mol. The third-order valence-corrected chi connectivity index (χ3v) is 2.56. The molecule has 1 aromatic heterocycles. The van der Waals surface area contributed by atoms with Crippen molar-refractivity contribution in [2.45, 2.75) is 12.5 Å². The fourth-order valence-electron chi connectivity index (χ4n) is 1.46. The van der Waals surface area contributed by atoms with Crippen LogP contribution in [0.2, 0.25) is 0 Å². The van der Waals surface area contributed by atoms with Crippen LogP contribution in [-0.4, -0.2) is 9.78 Å². The van der Waals surface area contributed by atoms with E-state index in [1.165, 1.54) is 0 Å². The van der Waals surface area contributed by atoms with Gasteiger partial charge < -0.3 is 4.74 Å². The van der Waals surface area contributed by atoms with Crippen molar-refractivity contribution in [3.63, 3.8) is 0 Å². The molecule has 3 nitrogen and oxygen atoms in total. The van der Waals surface area contributed by atoms with E-state index >= 15 is 0 Å². The molecule has 84 valence electrons. The molecule has 0 atom stereocenters. The molecule has 0 aliphatic carbocycles. The van der Waals surface area contributed by atoms with Gasteiger partial charge in [0, 0.05) is 24.4 Å². The Morgan fingerprint density at radius 2 is 2.19 bits per heavy atom. The van der Waals surface area contributed by atoms with Crippen LogP contribution in [0.4, 0.5) is 0 Å². The lowest BCUT2D eigenvalue weighted by Gasteiger charge is -2.08. The summed E-state index contributed by atoms with van der Waals surface area (Å²) in [4.78, 5) is 0. The highest BCUT2D eigenvalue weighted by atomic mass is 35.5. The van der Waals surface area contributed by atoms with Crippen LogP contribution >= 0.6 is 11.6 Å². The highest BCUT2D eigenvalue weighted by Gasteiger charge is 2.02. The maximum absolute atomic E-state index is 5.82. The molecule has 4 heteroatoms. The fourth-order valence-corrected chi connectivity index (χ4v) is 1.68. The number of rotatable bonds is 4. The zero-order valence-electron chi connectivity index (χ0n) is 9.06. The maximum atomic E-state index is 5.82. The lowest BCUT2D eigenvalue weighted by Crippen LogP contribution is -1.96. The fraction of sp³-hybridized carbons (Fsp3) is 0.250. The summed E-state index contributed by atoms with van der Waals surface area (Å²) >= 11 is 5.82. The second-order valence-corrected chi connectivity index (χ2v) is 3.82. The molecule has 0 N–H and O–H groups in total. The molecule has 0 spiro atoms. The Hall–Kier alpha value is -1.48. The van der Waals surface area contributed by atoms with E-state index in [2.05, 4.69) is 5.10 Å². The van der Waals surface area contributed by atoms with Gasteiger partial charge in [0.2, 0.25) is 0 Å². The summed E-state index contributed by atoms with van der Waals surface area (Å²) in [6, 6.07) is 7.78. The van der Waals surface area contributed by atoms with Crippen LogP contribution in [-0.2, 0) is 19.5 Å². The largest absolute Gasteiger partial charge is 0.488 e. The first-order valence-electron chi connectivity index (χ1n) is 5.04. The van der Waals surface area contributed by atoms with Crippen LogP contribution in [0.1, 0.15) is 11.1 Å². The molecule has 0 bridgehead atoms. The monoisotopic (exact) mass is 236 g/mol. The van der Waals surface area contributed by atoms with Crippen LogP contribution < -0.4 is 4.74 Å². The predicted octanol–water partition coefficient (Wildman–Crippen LogP) is 2.74. The van der Waals surface area contributed by atoms with Gasteiger partial charge in [-0.25, -0.2) is 0 Å². The van der Waals surface area contributed by atoms with Gasteiger partial charge in [-0.3, -0.25) is 4.68 Å². The number of halogens is 1. The van der Waals surface area contributed by atoms with Crippen molar-refractivity contribution in [2.75, 3.05) is 0 Å². The second-order valence-electron chi connectivity index (χ2n) is 3.55. The molecule has 0 fully saturated rings. The molecule has 0 saturated carbocycles. The number of hydrogen-bond acceptors (Lipinski definition) is 2. The molecule has 16 heavy (non-hydrogen) atoms. The topological polar surface area (TPSA) is 27.1 Å². The Morgan fingerprint density at radius 1 is 1.38 bits per heavy atom. The molecule has 0 radical (unpaired) electrons. The number of aryl methyl sites for hydroxylation is 1. The summed E-state index contributed by atoms with van der Waals surface area (Å²) in [5.41, 5.74) is 2.06. The summed E-state index contributed by atoms with van der Waals surface area (Å²) in [5.74, 6) is 1.30. The third-order valence-electron chi connectivity index (χ3n) is 2.27. The van der Waals surface area contributed by atoms with Gasteiger partial charge >= 0.3 is 0 Å². The SMILES string of the molecule is Cn1cc(COc2ccccc2CCl)cn1. The van der Waals surface area contributed by atoms with Gasteiger partial charge in [0.05, 0.1) is 12.1 Å². The van der Waals surface area contributed by atoms with Crippen molar-refractivity contribution in [3.8, 4) is 5.75 Å². The Labute approximate surface area is 99.6 Å². The molecule has 1 aromatic carbocycles. The van der Waals surface area contributed by atoms with Crippen LogP contribution in [0.3, 0.4) is 0 Å². The van der Waals surface area contributed by atoms with Crippen LogP contribution in [0.5, 0.6) is 5.75 Å². The second kappa shape index (κ2) is 5.03. The molecule has 0 amide bonds. The minimum absolute atomic E-state index is 0.462. The first-order chi connectivity index (χ1) is 7.79. The summed E-state index contributed by atoms with van der Waals surface area (Å²) in [6.07, 6.45) is 3.73. The van der Waals surface area contributed by atoms with E-state index in [0.29, 0.717) is 12.5 Å². The zero-order chi connectivity index (χ0) is 11.4. The highest BCUT2D eigenvalue weighted by Crippen LogP contribution is 2.20. The Balaban J connectivity index is 2.04. The average Bonchev–Trinajstić information content (AvgIpc) is 2.73. The number of benzene rings is 1. The average molecular weight is 237 g/mol. The van der Waals surface area contributed by atoms with Crippen molar-refractivity contribution in [1.82, 2.24) is 9.78 Å². The quantitative estimate of drug-likeness (QED) is 0.764. The van der Waals surface area contributed by atoms with Gasteiger partial charge in [-0.1, -0.05) is 18.2 Å². The lowest BCUT2D eigenvalue weighted by atomic mass is 10.2. The molecular formula is C12H13ClN2O. The van der Waals surface area contributed by atoms with Crippen LogP contribution in [0.15, 0.2) is 36.7 Å². The first-order valence-corrected chi connectivity index (χ1v) is 5.57. The summed E-state index contributed by atoms with van der Waals surface area (Å²) < 4.78 is 7.45. The van der Waals surface area contributed by atoms with E-state index in [4.69, 9.17) is 16.3 Å². The van der Waals surface area contributed by atoms with Crippen molar-refractivity contribution in [2.24, 2.45) is 7.05 Å². The van der Waals surface area contributed by atoms with Crippen LogP contribution in [0, 0.1) is 0 Å². The number of para-hydroxylation sites is 1. The number of alkyl halides is 1. The van der Waals surface area contributed by atoms with E-state index < -0.39 is 0 Å². The molecule has 2 rings (SSSR count). The number of nitrogens with zero attached hydrogens (tertiary/aromatic N) is 2. The molecule has 1 heterocycles. The first kappa shape index (κ1) is 11.0. The zero-order valence-corrected chi connectivity index (χ0v) is 9.81. The normalized spacial score (nSPS) is 10.4. The summed E-state index contributed by atoms with van der Waals surface area (Å²) in [6.45, 7) is 0.516. The summed E-state index contributed by atoms with van der Waals surface area (Å²) in [7, 11) is 1.89. The molecule has 0 saturated heterocycles. The van der Waals surface area contributed by atoms with Gasteiger partial charge in [0.25, 0.3) is 0 Å². The molecule has 0 aliphatic heterocycles. The van der Waals surface area contributed by atoms with Crippen molar-refractivity contribution in [1.29, 1.82) is 0 Å². The van der Waals surface area contributed by atoms with Gasteiger partial charge in [0.15, 0.2) is 0 Å². The third kappa shape index (κ3) is 2.55. The van der Waals surface area contributed by atoms with Crippen LogP contribution in [0.25, 0.3) is 0 Å². The van der Waals surface area contributed by atoms with Gasteiger partial charge in [-0.2, -0.15) is 5.10 Å². The number of ether oxygens (including phenoxy) is 1. The summed E-state index contributed by atoms with van der Waals surface area (Å²) in [5, 5.41) is 4.08. The Kier molecular flexibility index (Phi) is 3.47. The maximum Gasteiger partial charge on any atom is 0.124 e. The molecule has 0 unspecified atom stereocenters. The van der Waals surface area contributed by atoms with Gasteiger partial charge in [-0.05, 0) is 6.07 Å². The van der Waals surface area contributed by atoms with Gasteiger partial charge in [-0.15, -0.1) is 11.6 Å². The highest BCUT2D eigenvalue weighted by molar-refractivity contribution is 6.17. The molecule has 0 aliphatic rings. The van der Waals surface area contributed by atoms with E-state index in [-0.39, 0.29) is 0 Å². The van der Waals surface area contributed by atoms with E-state index in [1.807, 2.05) is 37.5 Å².